The molecule has 0 spiro atoms. The summed E-state index contributed by atoms with van der Waals surface area (Å²) in [5.74, 6) is 0. The lowest BCUT2D eigenvalue weighted by molar-refractivity contribution is 0.180. The number of nitrogens with one attached hydrogen (secondary N) is 2. The van der Waals surface area contributed by atoms with Crippen molar-refractivity contribution in [1.29, 1.82) is 0 Å². The zero-order valence-corrected chi connectivity index (χ0v) is 12.4. The molecule has 0 heterocycles. The van der Waals surface area contributed by atoms with E-state index < -0.39 is 10.0 Å². The molecule has 0 bridgehead atoms. The van der Waals surface area contributed by atoms with Crippen LogP contribution in [0.5, 0.6) is 0 Å². The van der Waals surface area contributed by atoms with Crippen LogP contribution in [0.15, 0.2) is 29.2 Å². The largest absolute Gasteiger partial charge is 0.384 e. The van der Waals surface area contributed by atoms with Crippen molar-refractivity contribution in [1.82, 2.24) is 4.72 Å². The van der Waals surface area contributed by atoms with E-state index in [1.807, 2.05) is 12.1 Å². The van der Waals surface area contributed by atoms with Crippen molar-refractivity contribution in [3.05, 3.63) is 24.3 Å². The van der Waals surface area contributed by atoms with Gasteiger partial charge in [-0.05, 0) is 42.5 Å². The Balaban J connectivity index is 1.98. The smallest absolute Gasteiger partial charge is 0.240 e. The van der Waals surface area contributed by atoms with E-state index in [0.717, 1.165) is 12.2 Å². The highest BCUT2D eigenvalue weighted by Gasteiger charge is 2.31. The van der Waals surface area contributed by atoms with Crippen LogP contribution >= 0.6 is 0 Å². The summed E-state index contributed by atoms with van der Waals surface area (Å²) in [6, 6.07) is 6.94. The molecule has 1 aromatic rings. The van der Waals surface area contributed by atoms with Crippen LogP contribution in [0.3, 0.4) is 0 Å². The molecule has 4 nitrogen and oxygen atoms in total. The molecule has 0 radical (unpaired) electrons. The monoisotopic (exact) mass is 282 g/mol. The molecule has 1 aliphatic rings. The predicted molar refractivity (Wildman–Crippen MR) is 77.8 cm³/mol. The third kappa shape index (κ3) is 3.48. The first-order valence-corrected chi connectivity index (χ1v) is 8.27. The highest BCUT2D eigenvalue weighted by molar-refractivity contribution is 7.89. The third-order valence-electron chi connectivity index (χ3n) is 3.78. The Bertz CT molecular complexity index is 519. The molecule has 1 saturated carbocycles. The number of hydrogen-bond donors (Lipinski definition) is 2. The Hall–Kier alpha value is -1.07. The molecule has 0 atom stereocenters. The summed E-state index contributed by atoms with van der Waals surface area (Å²) >= 11 is 0. The minimum absolute atomic E-state index is 0.315. The standard InChI is InChI=1S/C14H22N2O2S/c1-3-16-19(17,18)13-7-5-12(6-8-13)15-11-14(2)9-4-10-14/h5-8,15-16H,3-4,9-11H2,1-2H3. The summed E-state index contributed by atoms with van der Waals surface area (Å²) in [5.41, 5.74) is 1.39. The molecule has 19 heavy (non-hydrogen) atoms. The fourth-order valence-electron chi connectivity index (χ4n) is 2.30. The molecule has 2 rings (SSSR count). The number of sulfonamides is 1. The maximum absolute atomic E-state index is 11.8. The summed E-state index contributed by atoms with van der Waals surface area (Å²) in [7, 11) is -3.34. The summed E-state index contributed by atoms with van der Waals surface area (Å²) < 4.78 is 26.1. The van der Waals surface area contributed by atoms with E-state index >= 15 is 0 Å². The van der Waals surface area contributed by atoms with Crippen LogP contribution in [-0.2, 0) is 10.0 Å². The van der Waals surface area contributed by atoms with Gasteiger partial charge in [0, 0.05) is 18.8 Å². The van der Waals surface area contributed by atoms with Gasteiger partial charge >= 0.3 is 0 Å². The second kappa shape index (κ2) is 5.51. The Kier molecular flexibility index (Phi) is 4.16. The van der Waals surface area contributed by atoms with Crippen LogP contribution < -0.4 is 10.0 Å². The van der Waals surface area contributed by atoms with E-state index in [-0.39, 0.29) is 0 Å². The van der Waals surface area contributed by atoms with Crippen LogP contribution in [0.2, 0.25) is 0 Å². The second-order valence-corrected chi connectivity index (χ2v) is 7.31. The molecule has 0 unspecified atom stereocenters. The Labute approximate surface area is 115 Å². The molecule has 0 saturated heterocycles. The van der Waals surface area contributed by atoms with Crippen LogP contribution in [0.1, 0.15) is 33.1 Å². The van der Waals surface area contributed by atoms with Gasteiger partial charge in [-0.25, -0.2) is 13.1 Å². The van der Waals surface area contributed by atoms with Crippen molar-refractivity contribution in [2.75, 3.05) is 18.4 Å². The van der Waals surface area contributed by atoms with E-state index in [4.69, 9.17) is 0 Å². The molecule has 1 aliphatic carbocycles. The number of benzene rings is 1. The van der Waals surface area contributed by atoms with Gasteiger partial charge in [-0.15, -0.1) is 0 Å². The zero-order chi connectivity index (χ0) is 13.9. The van der Waals surface area contributed by atoms with Gasteiger partial charge in [-0.1, -0.05) is 20.3 Å². The van der Waals surface area contributed by atoms with E-state index in [1.54, 1.807) is 19.1 Å². The molecule has 0 aromatic heterocycles. The van der Waals surface area contributed by atoms with Crippen molar-refractivity contribution < 1.29 is 8.42 Å². The SMILES string of the molecule is CCNS(=O)(=O)c1ccc(NCC2(C)CCC2)cc1. The maximum Gasteiger partial charge on any atom is 0.240 e. The van der Waals surface area contributed by atoms with E-state index in [2.05, 4.69) is 17.0 Å². The predicted octanol–water partition coefficient (Wildman–Crippen LogP) is 2.59. The lowest BCUT2D eigenvalue weighted by atomic mass is 9.70. The molecule has 106 valence electrons. The Morgan fingerprint density at radius 3 is 2.32 bits per heavy atom. The van der Waals surface area contributed by atoms with Crippen LogP contribution in [0, 0.1) is 5.41 Å². The highest BCUT2D eigenvalue weighted by Crippen LogP contribution is 2.40. The third-order valence-corrected chi connectivity index (χ3v) is 5.34. The van der Waals surface area contributed by atoms with Gasteiger partial charge in [-0.3, -0.25) is 0 Å². The number of anilines is 1. The highest BCUT2D eigenvalue weighted by atomic mass is 32.2. The average molecular weight is 282 g/mol. The lowest BCUT2D eigenvalue weighted by Gasteiger charge is -2.38. The topological polar surface area (TPSA) is 58.2 Å². The average Bonchev–Trinajstić information content (AvgIpc) is 2.34. The second-order valence-electron chi connectivity index (χ2n) is 5.54. The van der Waals surface area contributed by atoms with Crippen LogP contribution in [-0.4, -0.2) is 21.5 Å². The van der Waals surface area contributed by atoms with Gasteiger partial charge in [0.2, 0.25) is 10.0 Å². The van der Waals surface area contributed by atoms with Gasteiger partial charge in [-0.2, -0.15) is 0 Å². The van der Waals surface area contributed by atoms with Gasteiger partial charge in [0.25, 0.3) is 0 Å². The molecule has 5 heteroatoms. The normalized spacial score (nSPS) is 17.8. The first kappa shape index (κ1) is 14.3. The minimum atomic E-state index is -3.34. The van der Waals surface area contributed by atoms with E-state index in [0.29, 0.717) is 16.9 Å². The summed E-state index contributed by atoms with van der Waals surface area (Å²) in [6.07, 6.45) is 3.86. The van der Waals surface area contributed by atoms with Crippen LogP contribution in [0.25, 0.3) is 0 Å². The number of rotatable bonds is 6. The van der Waals surface area contributed by atoms with Gasteiger partial charge < -0.3 is 5.32 Å². The van der Waals surface area contributed by atoms with Crippen molar-refractivity contribution >= 4 is 15.7 Å². The molecular formula is C14H22N2O2S. The van der Waals surface area contributed by atoms with Crippen molar-refractivity contribution in [2.24, 2.45) is 5.41 Å². The molecule has 1 aromatic carbocycles. The van der Waals surface area contributed by atoms with Gasteiger partial charge in [0.05, 0.1) is 4.90 Å². The van der Waals surface area contributed by atoms with E-state index in [9.17, 15) is 8.42 Å². The van der Waals surface area contributed by atoms with E-state index in [1.165, 1.54) is 19.3 Å². The molecular weight excluding hydrogens is 260 g/mol. The Morgan fingerprint density at radius 2 is 1.84 bits per heavy atom. The van der Waals surface area contributed by atoms with Gasteiger partial charge in [0.1, 0.15) is 0 Å². The molecule has 2 N–H and O–H groups in total. The summed E-state index contributed by atoms with van der Waals surface area (Å²) in [5, 5.41) is 3.38. The fraction of sp³-hybridized carbons (Fsp3) is 0.571. The van der Waals surface area contributed by atoms with Gasteiger partial charge in [0.15, 0.2) is 0 Å². The molecule has 0 aliphatic heterocycles. The first-order valence-electron chi connectivity index (χ1n) is 6.79. The quantitative estimate of drug-likeness (QED) is 0.843. The molecule has 1 fully saturated rings. The first-order chi connectivity index (χ1) is 8.95. The van der Waals surface area contributed by atoms with Crippen LogP contribution in [0.4, 0.5) is 5.69 Å². The summed E-state index contributed by atoms with van der Waals surface area (Å²) in [4.78, 5) is 0.315. The Morgan fingerprint density at radius 1 is 1.21 bits per heavy atom. The zero-order valence-electron chi connectivity index (χ0n) is 11.6. The summed E-state index contributed by atoms with van der Waals surface area (Å²) in [6.45, 7) is 5.41. The maximum atomic E-state index is 11.8. The fourth-order valence-corrected chi connectivity index (χ4v) is 3.34. The lowest BCUT2D eigenvalue weighted by Crippen LogP contribution is -2.33. The minimum Gasteiger partial charge on any atom is -0.384 e. The van der Waals surface area contributed by atoms with Crippen molar-refractivity contribution in [2.45, 2.75) is 38.0 Å². The van der Waals surface area contributed by atoms with Crippen molar-refractivity contribution in [3.8, 4) is 0 Å². The number of hydrogen-bond acceptors (Lipinski definition) is 3. The van der Waals surface area contributed by atoms with Crippen molar-refractivity contribution in [3.63, 3.8) is 0 Å². The molecule has 0 amide bonds.